The van der Waals surface area contributed by atoms with Gasteiger partial charge in [0, 0.05) is 33.2 Å². The zero-order valence-electron chi connectivity index (χ0n) is 19.2. The van der Waals surface area contributed by atoms with Crippen LogP contribution in [0.2, 0.25) is 0 Å². The number of rotatable bonds is 4. The number of piperazine rings is 1. The summed E-state index contributed by atoms with van der Waals surface area (Å²) in [6.45, 7) is 8.82. The van der Waals surface area contributed by atoms with E-state index in [0.717, 1.165) is 4.57 Å². The SMILES string of the molecule is CC#CCn1c(N2CCN(C(=O)OC(C)(C)C)CC2)nc2c1c(=O)n(CCO)c(=O)n2C. The van der Waals surface area contributed by atoms with Gasteiger partial charge in [-0.05, 0) is 27.7 Å². The molecule has 0 unspecified atom stereocenters. The van der Waals surface area contributed by atoms with Crippen LogP contribution in [0.4, 0.5) is 10.7 Å². The summed E-state index contributed by atoms with van der Waals surface area (Å²) in [7, 11) is 1.55. The number of aromatic nitrogens is 4. The monoisotopic (exact) mass is 446 g/mol. The lowest BCUT2D eigenvalue weighted by molar-refractivity contribution is 0.0240. The number of amides is 1. The largest absolute Gasteiger partial charge is 0.444 e. The van der Waals surface area contributed by atoms with Crippen molar-refractivity contribution in [2.75, 3.05) is 37.7 Å². The number of ether oxygens (including phenoxy) is 1. The second-order valence-electron chi connectivity index (χ2n) is 8.57. The Labute approximate surface area is 185 Å². The number of carbonyl (C=O) groups is 1. The number of anilines is 1. The molecule has 0 bridgehead atoms. The van der Waals surface area contributed by atoms with Crippen LogP contribution >= 0.6 is 0 Å². The van der Waals surface area contributed by atoms with Crippen LogP contribution in [0.25, 0.3) is 11.2 Å². The van der Waals surface area contributed by atoms with E-state index in [-0.39, 0.29) is 37.0 Å². The molecular weight excluding hydrogens is 416 g/mol. The Morgan fingerprint density at radius 1 is 1.16 bits per heavy atom. The molecule has 1 amide bonds. The van der Waals surface area contributed by atoms with Crippen LogP contribution in [0.15, 0.2) is 9.59 Å². The second-order valence-corrected chi connectivity index (χ2v) is 8.57. The van der Waals surface area contributed by atoms with E-state index < -0.39 is 16.9 Å². The van der Waals surface area contributed by atoms with Gasteiger partial charge in [-0.25, -0.2) is 9.59 Å². The zero-order valence-corrected chi connectivity index (χ0v) is 19.2. The van der Waals surface area contributed by atoms with E-state index in [1.807, 2.05) is 25.7 Å². The molecule has 0 aromatic carbocycles. The Morgan fingerprint density at radius 3 is 2.38 bits per heavy atom. The number of carbonyl (C=O) groups excluding carboxylic acids is 1. The van der Waals surface area contributed by atoms with Crippen LogP contribution in [0.1, 0.15) is 27.7 Å². The van der Waals surface area contributed by atoms with Crippen LogP contribution in [-0.4, -0.2) is 73.2 Å². The van der Waals surface area contributed by atoms with Gasteiger partial charge in [0.2, 0.25) is 5.95 Å². The molecule has 1 N–H and O–H groups in total. The van der Waals surface area contributed by atoms with E-state index >= 15 is 0 Å². The molecule has 174 valence electrons. The van der Waals surface area contributed by atoms with Crippen molar-refractivity contribution in [3.05, 3.63) is 20.8 Å². The average molecular weight is 447 g/mol. The first-order valence-electron chi connectivity index (χ1n) is 10.5. The third-order valence-electron chi connectivity index (χ3n) is 5.16. The number of imidazole rings is 1. The summed E-state index contributed by atoms with van der Waals surface area (Å²) >= 11 is 0. The molecule has 11 nitrogen and oxygen atoms in total. The summed E-state index contributed by atoms with van der Waals surface area (Å²) in [6.07, 6.45) is -0.364. The lowest BCUT2D eigenvalue weighted by Crippen LogP contribution is -2.50. The standard InChI is InChI=1S/C21H30N6O5/c1-6-7-8-26-15-16(23(5)19(30)27(13-14-28)17(15)29)22-18(26)24-9-11-25(12-10-24)20(31)32-21(2,3)4/h28H,8-14H2,1-5H3. The van der Waals surface area contributed by atoms with Crippen molar-refractivity contribution in [3.63, 3.8) is 0 Å². The van der Waals surface area contributed by atoms with Crippen molar-refractivity contribution in [1.29, 1.82) is 0 Å². The molecule has 0 spiro atoms. The molecule has 32 heavy (non-hydrogen) atoms. The molecule has 0 radical (unpaired) electrons. The van der Waals surface area contributed by atoms with Crippen molar-refractivity contribution >= 4 is 23.2 Å². The highest BCUT2D eigenvalue weighted by atomic mass is 16.6. The zero-order chi connectivity index (χ0) is 23.6. The first-order valence-corrected chi connectivity index (χ1v) is 10.5. The molecule has 0 atom stereocenters. The van der Waals surface area contributed by atoms with Gasteiger partial charge in [0.15, 0.2) is 11.2 Å². The molecule has 3 heterocycles. The number of aryl methyl sites for hydroxylation is 1. The normalized spacial score (nSPS) is 14.4. The minimum atomic E-state index is -0.569. The number of aliphatic hydroxyl groups is 1. The van der Waals surface area contributed by atoms with Crippen LogP contribution in [-0.2, 0) is 24.9 Å². The highest BCUT2D eigenvalue weighted by Crippen LogP contribution is 2.21. The third-order valence-corrected chi connectivity index (χ3v) is 5.16. The molecule has 1 aliphatic heterocycles. The van der Waals surface area contributed by atoms with E-state index in [2.05, 4.69) is 16.8 Å². The van der Waals surface area contributed by atoms with Crippen molar-refractivity contribution in [2.24, 2.45) is 7.05 Å². The first kappa shape index (κ1) is 23.4. The van der Waals surface area contributed by atoms with E-state index in [1.54, 1.807) is 23.4 Å². The van der Waals surface area contributed by atoms with Crippen molar-refractivity contribution in [2.45, 2.75) is 46.4 Å². The number of hydrogen-bond donors (Lipinski definition) is 1. The Balaban J connectivity index is 2.00. The van der Waals surface area contributed by atoms with Gasteiger partial charge in [-0.15, -0.1) is 5.92 Å². The number of nitrogens with zero attached hydrogens (tertiary/aromatic N) is 6. The first-order chi connectivity index (χ1) is 15.1. The lowest BCUT2D eigenvalue weighted by Gasteiger charge is -2.36. The number of hydrogen-bond acceptors (Lipinski definition) is 7. The van der Waals surface area contributed by atoms with Gasteiger partial charge in [-0.1, -0.05) is 5.92 Å². The molecule has 3 rings (SSSR count). The fraction of sp³-hybridized carbons (Fsp3) is 0.619. The summed E-state index contributed by atoms with van der Waals surface area (Å²) < 4.78 is 9.46. The smallest absolute Gasteiger partial charge is 0.410 e. The fourth-order valence-electron chi connectivity index (χ4n) is 3.62. The maximum Gasteiger partial charge on any atom is 0.410 e. The summed E-state index contributed by atoms with van der Waals surface area (Å²) in [4.78, 5) is 46.3. The van der Waals surface area contributed by atoms with Crippen LogP contribution in [0.3, 0.4) is 0 Å². The number of aliphatic hydroxyl groups excluding tert-OH is 1. The molecule has 0 aliphatic carbocycles. The molecule has 1 aliphatic rings. The van der Waals surface area contributed by atoms with Gasteiger partial charge in [0.25, 0.3) is 5.56 Å². The van der Waals surface area contributed by atoms with Gasteiger partial charge in [-0.3, -0.25) is 18.5 Å². The van der Waals surface area contributed by atoms with Crippen molar-refractivity contribution in [3.8, 4) is 11.8 Å². The van der Waals surface area contributed by atoms with Gasteiger partial charge in [-0.2, -0.15) is 4.98 Å². The molecular formula is C21H30N6O5. The quantitative estimate of drug-likeness (QED) is 0.656. The maximum atomic E-state index is 13.1. The third kappa shape index (κ3) is 4.50. The summed E-state index contributed by atoms with van der Waals surface area (Å²) in [5, 5.41) is 9.29. The Hall–Kier alpha value is -3.26. The van der Waals surface area contributed by atoms with Gasteiger partial charge >= 0.3 is 11.8 Å². The summed E-state index contributed by atoms with van der Waals surface area (Å²) in [5.41, 5.74) is -1.10. The summed E-state index contributed by atoms with van der Waals surface area (Å²) in [6, 6.07) is 0. The van der Waals surface area contributed by atoms with E-state index in [1.165, 1.54) is 4.57 Å². The molecule has 2 aromatic rings. The van der Waals surface area contributed by atoms with E-state index in [4.69, 9.17) is 4.74 Å². The predicted octanol–water partition coefficient (Wildman–Crippen LogP) is -0.0306. The van der Waals surface area contributed by atoms with Crippen molar-refractivity contribution < 1.29 is 14.6 Å². The topological polar surface area (TPSA) is 115 Å². The van der Waals surface area contributed by atoms with Gasteiger partial charge < -0.3 is 19.6 Å². The molecule has 1 saturated heterocycles. The predicted molar refractivity (Wildman–Crippen MR) is 120 cm³/mol. The Bertz CT molecular complexity index is 1180. The fourth-order valence-corrected chi connectivity index (χ4v) is 3.62. The Kier molecular flexibility index (Phi) is 6.64. The molecule has 1 fully saturated rings. The van der Waals surface area contributed by atoms with Gasteiger partial charge in [0.1, 0.15) is 5.60 Å². The number of fused-ring (bicyclic) bond motifs is 1. The average Bonchev–Trinajstić information content (AvgIpc) is 3.12. The van der Waals surface area contributed by atoms with E-state index in [9.17, 15) is 19.5 Å². The minimum absolute atomic E-state index is 0.101. The van der Waals surface area contributed by atoms with Crippen LogP contribution in [0.5, 0.6) is 0 Å². The second kappa shape index (κ2) is 9.08. The highest BCUT2D eigenvalue weighted by Gasteiger charge is 2.29. The molecule has 0 saturated carbocycles. The molecule has 11 heteroatoms. The molecule has 2 aromatic heterocycles. The van der Waals surface area contributed by atoms with Gasteiger partial charge in [0.05, 0.1) is 19.7 Å². The van der Waals surface area contributed by atoms with Crippen molar-refractivity contribution in [1.82, 2.24) is 23.6 Å². The minimum Gasteiger partial charge on any atom is -0.444 e. The maximum absolute atomic E-state index is 13.1. The Morgan fingerprint density at radius 2 is 1.81 bits per heavy atom. The van der Waals surface area contributed by atoms with E-state index in [0.29, 0.717) is 32.1 Å². The van der Waals surface area contributed by atoms with Crippen LogP contribution in [0, 0.1) is 11.8 Å². The summed E-state index contributed by atoms with van der Waals surface area (Å²) in [5.74, 6) is 6.30. The van der Waals surface area contributed by atoms with Crippen LogP contribution < -0.4 is 16.1 Å². The highest BCUT2D eigenvalue weighted by molar-refractivity contribution is 5.75. The lowest BCUT2D eigenvalue weighted by atomic mass is 10.2.